The van der Waals surface area contributed by atoms with Crippen LogP contribution in [0.2, 0.25) is 0 Å². The van der Waals surface area contributed by atoms with Crippen LogP contribution >= 0.6 is 0 Å². The van der Waals surface area contributed by atoms with Gasteiger partial charge in [-0.25, -0.2) is 0 Å². The molecule has 0 spiro atoms. The van der Waals surface area contributed by atoms with Crippen LogP contribution in [0.3, 0.4) is 0 Å². The second kappa shape index (κ2) is 6.77. The van der Waals surface area contributed by atoms with Crippen LogP contribution in [0.1, 0.15) is 24.8 Å². The molecule has 17 heavy (non-hydrogen) atoms. The first-order valence-electron chi connectivity index (χ1n) is 6.80. The van der Waals surface area contributed by atoms with E-state index < -0.39 is 0 Å². The maximum atomic E-state index is 3.61. The predicted molar refractivity (Wildman–Crippen MR) is 73.3 cm³/mol. The zero-order chi connectivity index (χ0) is 11.9. The molecule has 0 amide bonds. The summed E-state index contributed by atoms with van der Waals surface area (Å²) in [6, 6.07) is 11.5. The molecular formula is C15H24N2. The van der Waals surface area contributed by atoms with Crippen LogP contribution in [-0.4, -0.2) is 37.6 Å². The highest BCUT2D eigenvalue weighted by Gasteiger charge is 2.14. The molecule has 1 aromatic carbocycles. The van der Waals surface area contributed by atoms with Crippen molar-refractivity contribution < 1.29 is 0 Å². The van der Waals surface area contributed by atoms with Gasteiger partial charge in [0.25, 0.3) is 0 Å². The number of piperidine rings is 1. The molecule has 2 heteroatoms. The molecule has 1 saturated heterocycles. The van der Waals surface area contributed by atoms with Gasteiger partial charge in [0.15, 0.2) is 0 Å². The Labute approximate surface area is 105 Å². The molecule has 1 fully saturated rings. The van der Waals surface area contributed by atoms with E-state index in [1.807, 2.05) is 0 Å². The van der Waals surface area contributed by atoms with Crippen molar-refractivity contribution in [1.29, 1.82) is 0 Å². The maximum absolute atomic E-state index is 3.61. The first-order chi connectivity index (χ1) is 8.34. The van der Waals surface area contributed by atoms with Gasteiger partial charge in [-0.1, -0.05) is 36.8 Å². The molecule has 1 aliphatic rings. The lowest BCUT2D eigenvalue weighted by molar-refractivity contribution is 0.264. The van der Waals surface area contributed by atoms with E-state index in [4.69, 9.17) is 0 Å². The Morgan fingerprint density at radius 3 is 2.76 bits per heavy atom. The first kappa shape index (κ1) is 12.6. The van der Waals surface area contributed by atoms with Crippen LogP contribution in [0, 0.1) is 0 Å². The van der Waals surface area contributed by atoms with Gasteiger partial charge in [-0.2, -0.15) is 0 Å². The van der Waals surface area contributed by atoms with Crippen LogP contribution in [0.5, 0.6) is 0 Å². The highest BCUT2D eigenvalue weighted by molar-refractivity contribution is 5.14. The minimum absolute atomic E-state index is 0.713. The van der Waals surface area contributed by atoms with Gasteiger partial charge in [0.1, 0.15) is 0 Å². The lowest BCUT2D eigenvalue weighted by Crippen LogP contribution is -2.42. The van der Waals surface area contributed by atoms with Crippen molar-refractivity contribution in [2.24, 2.45) is 0 Å². The smallest absolute Gasteiger partial charge is 0.0194 e. The highest BCUT2D eigenvalue weighted by atomic mass is 15.1. The Morgan fingerprint density at radius 2 is 2.06 bits per heavy atom. The summed E-state index contributed by atoms with van der Waals surface area (Å²) in [5.41, 5.74) is 1.44. The average molecular weight is 232 g/mol. The third-order valence-electron chi connectivity index (χ3n) is 3.57. The fourth-order valence-electron chi connectivity index (χ4n) is 2.51. The van der Waals surface area contributed by atoms with Crippen molar-refractivity contribution in [3.63, 3.8) is 0 Å². The maximum Gasteiger partial charge on any atom is 0.0194 e. The van der Waals surface area contributed by atoms with Gasteiger partial charge >= 0.3 is 0 Å². The molecule has 0 saturated carbocycles. The van der Waals surface area contributed by atoms with Crippen LogP contribution in [0.25, 0.3) is 0 Å². The van der Waals surface area contributed by atoms with E-state index in [1.54, 1.807) is 0 Å². The quantitative estimate of drug-likeness (QED) is 0.838. The van der Waals surface area contributed by atoms with Crippen LogP contribution in [0.15, 0.2) is 30.3 Å². The monoisotopic (exact) mass is 232 g/mol. The number of benzene rings is 1. The standard InChI is InChI=1S/C15H24N2/c1-17(13-15-9-5-6-11-16-15)12-10-14-7-3-2-4-8-14/h2-4,7-8,15-16H,5-6,9-13H2,1H3/t15-/m1/s1. The summed E-state index contributed by atoms with van der Waals surface area (Å²) in [5.74, 6) is 0. The lowest BCUT2D eigenvalue weighted by atomic mass is 10.0. The van der Waals surface area contributed by atoms with Crippen molar-refractivity contribution in [2.45, 2.75) is 31.7 Å². The Hall–Kier alpha value is -0.860. The van der Waals surface area contributed by atoms with Gasteiger partial charge in [-0.15, -0.1) is 0 Å². The summed E-state index contributed by atoms with van der Waals surface area (Å²) in [6.07, 6.45) is 5.24. The third-order valence-corrected chi connectivity index (χ3v) is 3.57. The zero-order valence-corrected chi connectivity index (χ0v) is 10.9. The molecule has 1 N–H and O–H groups in total. The summed E-state index contributed by atoms with van der Waals surface area (Å²) < 4.78 is 0. The molecule has 2 rings (SSSR count). The van der Waals surface area contributed by atoms with E-state index in [0.29, 0.717) is 6.04 Å². The fraction of sp³-hybridized carbons (Fsp3) is 0.600. The van der Waals surface area contributed by atoms with Gasteiger partial charge in [-0.3, -0.25) is 0 Å². The molecule has 0 aromatic heterocycles. The third kappa shape index (κ3) is 4.49. The predicted octanol–water partition coefficient (Wildman–Crippen LogP) is 2.30. The zero-order valence-electron chi connectivity index (χ0n) is 10.9. The van der Waals surface area contributed by atoms with Gasteiger partial charge in [0, 0.05) is 19.1 Å². The van der Waals surface area contributed by atoms with Crippen LogP contribution < -0.4 is 5.32 Å². The Kier molecular flexibility index (Phi) is 5.02. The Balaban J connectivity index is 1.68. The number of likely N-dealkylation sites (N-methyl/N-ethyl adjacent to an activating group) is 1. The summed E-state index contributed by atoms with van der Waals surface area (Å²) in [7, 11) is 2.24. The lowest BCUT2D eigenvalue weighted by Gasteiger charge is -2.28. The minimum Gasteiger partial charge on any atom is -0.313 e. The first-order valence-corrected chi connectivity index (χ1v) is 6.80. The summed E-state index contributed by atoms with van der Waals surface area (Å²) in [4.78, 5) is 2.45. The van der Waals surface area contributed by atoms with Crippen molar-refractivity contribution in [3.8, 4) is 0 Å². The largest absolute Gasteiger partial charge is 0.313 e. The van der Waals surface area contributed by atoms with Crippen molar-refractivity contribution >= 4 is 0 Å². The molecule has 0 aliphatic carbocycles. The number of nitrogens with one attached hydrogen (secondary N) is 1. The molecule has 0 radical (unpaired) electrons. The Bertz CT molecular complexity index is 304. The van der Waals surface area contributed by atoms with E-state index in [1.165, 1.54) is 37.9 Å². The molecule has 1 aliphatic heterocycles. The summed E-state index contributed by atoms with van der Waals surface area (Å²) in [5, 5.41) is 3.61. The second-order valence-electron chi connectivity index (χ2n) is 5.14. The average Bonchev–Trinajstić information content (AvgIpc) is 2.39. The Morgan fingerprint density at radius 1 is 1.24 bits per heavy atom. The van der Waals surface area contributed by atoms with E-state index in [0.717, 1.165) is 13.0 Å². The van der Waals surface area contributed by atoms with E-state index in [2.05, 4.69) is 47.6 Å². The number of hydrogen-bond acceptors (Lipinski definition) is 2. The highest BCUT2D eigenvalue weighted by Crippen LogP contribution is 2.08. The SMILES string of the molecule is CN(CCc1ccccc1)C[C@H]1CCCCN1. The molecular weight excluding hydrogens is 208 g/mol. The summed E-state index contributed by atoms with van der Waals surface area (Å²) in [6.45, 7) is 3.55. The van der Waals surface area contributed by atoms with Crippen molar-refractivity contribution in [1.82, 2.24) is 10.2 Å². The molecule has 2 nitrogen and oxygen atoms in total. The molecule has 0 unspecified atom stereocenters. The molecule has 94 valence electrons. The van der Waals surface area contributed by atoms with Crippen molar-refractivity contribution in [2.75, 3.05) is 26.7 Å². The number of rotatable bonds is 5. The molecule has 1 atom stereocenters. The van der Waals surface area contributed by atoms with Crippen molar-refractivity contribution in [3.05, 3.63) is 35.9 Å². The van der Waals surface area contributed by atoms with Crippen LogP contribution in [-0.2, 0) is 6.42 Å². The fourth-order valence-corrected chi connectivity index (χ4v) is 2.51. The number of hydrogen-bond donors (Lipinski definition) is 1. The molecule has 1 heterocycles. The molecule has 0 bridgehead atoms. The second-order valence-corrected chi connectivity index (χ2v) is 5.14. The summed E-state index contributed by atoms with van der Waals surface area (Å²) >= 11 is 0. The van der Waals surface area contributed by atoms with Gasteiger partial charge < -0.3 is 10.2 Å². The normalized spacial score (nSPS) is 20.7. The van der Waals surface area contributed by atoms with E-state index in [9.17, 15) is 0 Å². The topological polar surface area (TPSA) is 15.3 Å². The van der Waals surface area contributed by atoms with E-state index >= 15 is 0 Å². The molecule has 1 aromatic rings. The van der Waals surface area contributed by atoms with E-state index in [-0.39, 0.29) is 0 Å². The van der Waals surface area contributed by atoms with Gasteiger partial charge in [-0.05, 0) is 38.4 Å². The van der Waals surface area contributed by atoms with Gasteiger partial charge in [0.2, 0.25) is 0 Å². The minimum atomic E-state index is 0.713. The van der Waals surface area contributed by atoms with Crippen LogP contribution in [0.4, 0.5) is 0 Å². The number of nitrogens with zero attached hydrogens (tertiary/aromatic N) is 1. The van der Waals surface area contributed by atoms with Gasteiger partial charge in [0.05, 0.1) is 0 Å².